The molecule has 0 unspecified atom stereocenters. The molecular weight excluding hydrogens is 254 g/mol. The molecule has 82 valence electrons. The summed E-state index contributed by atoms with van der Waals surface area (Å²) < 4.78 is 1.07. The van der Waals surface area contributed by atoms with E-state index in [-0.39, 0.29) is 5.41 Å². The van der Waals surface area contributed by atoms with Crippen molar-refractivity contribution in [3.8, 4) is 0 Å². The molecule has 2 rings (SSSR count). The van der Waals surface area contributed by atoms with E-state index in [0.29, 0.717) is 6.54 Å². The maximum absolute atomic E-state index is 9.84. The molecule has 1 aliphatic rings. The maximum Gasteiger partial charge on any atom is 0.0637 e. The Morgan fingerprint density at radius 2 is 2.13 bits per heavy atom. The van der Waals surface area contributed by atoms with Gasteiger partial charge in [0.2, 0.25) is 0 Å². The standard InChI is InChI=1S/C12H16BrNO/c1-11(15)6-12(7-11,8-14)9-3-2-4-10(13)5-9/h2-5,15H,6-8,14H2,1H3. The second-order valence-electron chi connectivity index (χ2n) is 4.85. The molecule has 3 N–H and O–H groups in total. The lowest BCUT2D eigenvalue weighted by Gasteiger charge is -2.52. The fraction of sp³-hybridized carbons (Fsp3) is 0.500. The number of benzene rings is 1. The third-order valence-corrected chi connectivity index (χ3v) is 3.76. The molecule has 15 heavy (non-hydrogen) atoms. The van der Waals surface area contributed by atoms with Crippen LogP contribution in [0.1, 0.15) is 25.3 Å². The maximum atomic E-state index is 9.84. The molecule has 1 aromatic carbocycles. The van der Waals surface area contributed by atoms with Gasteiger partial charge in [0.05, 0.1) is 5.60 Å². The molecule has 1 aromatic rings. The first-order valence-corrected chi connectivity index (χ1v) is 5.95. The lowest BCUT2D eigenvalue weighted by atomic mass is 9.57. The van der Waals surface area contributed by atoms with Gasteiger partial charge in [-0.15, -0.1) is 0 Å². The van der Waals surface area contributed by atoms with Gasteiger partial charge in [0.15, 0.2) is 0 Å². The molecule has 2 nitrogen and oxygen atoms in total. The average Bonchev–Trinajstić information content (AvgIpc) is 2.13. The van der Waals surface area contributed by atoms with E-state index < -0.39 is 5.60 Å². The fourth-order valence-corrected chi connectivity index (χ4v) is 3.09. The summed E-state index contributed by atoms with van der Waals surface area (Å²) in [6.07, 6.45) is 1.51. The molecule has 0 aromatic heterocycles. The predicted molar refractivity (Wildman–Crippen MR) is 64.7 cm³/mol. The van der Waals surface area contributed by atoms with Gasteiger partial charge in [-0.1, -0.05) is 28.1 Å². The molecule has 0 spiro atoms. The van der Waals surface area contributed by atoms with Crippen molar-refractivity contribution in [2.24, 2.45) is 5.73 Å². The normalized spacial score (nSPS) is 34.9. The summed E-state index contributed by atoms with van der Waals surface area (Å²) in [5, 5.41) is 9.84. The van der Waals surface area contributed by atoms with E-state index in [1.165, 1.54) is 5.56 Å². The molecule has 0 aliphatic heterocycles. The van der Waals surface area contributed by atoms with E-state index in [4.69, 9.17) is 5.73 Å². The molecule has 1 aliphatic carbocycles. The zero-order valence-electron chi connectivity index (χ0n) is 8.83. The topological polar surface area (TPSA) is 46.2 Å². The Hall–Kier alpha value is -0.380. The van der Waals surface area contributed by atoms with Gasteiger partial charge in [-0.25, -0.2) is 0 Å². The Balaban J connectivity index is 2.29. The lowest BCUT2D eigenvalue weighted by Crippen LogP contribution is -2.56. The van der Waals surface area contributed by atoms with Crippen molar-refractivity contribution in [1.29, 1.82) is 0 Å². The fourth-order valence-electron chi connectivity index (χ4n) is 2.69. The number of nitrogens with two attached hydrogens (primary N) is 1. The molecule has 0 atom stereocenters. The summed E-state index contributed by atoms with van der Waals surface area (Å²) >= 11 is 3.46. The first kappa shape index (κ1) is 11.1. The highest BCUT2D eigenvalue weighted by Gasteiger charge is 2.51. The number of hydrogen-bond donors (Lipinski definition) is 2. The zero-order valence-corrected chi connectivity index (χ0v) is 10.4. The van der Waals surface area contributed by atoms with Crippen molar-refractivity contribution in [2.45, 2.75) is 30.8 Å². The molecule has 1 fully saturated rings. The Bertz CT molecular complexity index is 368. The molecular formula is C12H16BrNO. The van der Waals surface area contributed by atoms with E-state index in [1.54, 1.807) is 0 Å². The van der Waals surface area contributed by atoms with Gasteiger partial charge >= 0.3 is 0 Å². The van der Waals surface area contributed by atoms with Crippen LogP contribution in [0.3, 0.4) is 0 Å². The Morgan fingerprint density at radius 3 is 2.60 bits per heavy atom. The highest BCUT2D eigenvalue weighted by atomic mass is 79.9. The van der Waals surface area contributed by atoms with Crippen LogP contribution >= 0.6 is 15.9 Å². The molecule has 0 heterocycles. The van der Waals surface area contributed by atoms with Crippen LogP contribution in [0.2, 0.25) is 0 Å². The number of hydrogen-bond acceptors (Lipinski definition) is 2. The molecule has 0 saturated heterocycles. The largest absolute Gasteiger partial charge is 0.390 e. The summed E-state index contributed by atoms with van der Waals surface area (Å²) in [7, 11) is 0. The van der Waals surface area contributed by atoms with Gasteiger partial charge < -0.3 is 10.8 Å². The van der Waals surface area contributed by atoms with Crippen molar-refractivity contribution in [3.05, 3.63) is 34.3 Å². The van der Waals surface area contributed by atoms with Crippen LogP contribution in [0, 0.1) is 0 Å². The van der Waals surface area contributed by atoms with Crippen LogP contribution in [0.15, 0.2) is 28.7 Å². The van der Waals surface area contributed by atoms with Crippen molar-refractivity contribution in [1.82, 2.24) is 0 Å². The van der Waals surface area contributed by atoms with Crippen LogP contribution in [0.4, 0.5) is 0 Å². The van der Waals surface area contributed by atoms with E-state index in [2.05, 4.69) is 28.1 Å². The number of aliphatic hydroxyl groups is 1. The van der Waals surface area contributed by atoms with E-state index in [9.17, 15) is 5.11 Å². The van der Waals surface area contributed by atoms with Crippen LogP contribution in [0.25, 0.3) is 0 Å². The number of rotatable bonds is 2. The van der Waals surface area contributed by atoms with Gasteiger partial charge in [-0.2, -0.15) is 0 Å². The first-order valence-electron chi connectivity index (χ1n) is 5.16. The summed E-state index contributed by atoms with van der Waals surface area (Å²) in [5.74, 6) is 0. The second kappa shape index (κ2) is 3.58. The molecule has 3 heteroatoms. The highest BCUT2D eigenvalue weighted by Crippen LogP contribution is 2.49. The lowest BCUT2D eigenvalue weighted by molar-refractivity contribution is -0.0726. The van der Waals surface area contributed by atoms with Crippen molar-refractivity contribution in [3.63, 3.8) is 0 Å². The van der Waals surface area contributed by atoms with Gasteiger partial charge in [-0.05, 0) is 37.5 Å². The van der Waals surface area contributed by atoms with Crippen LogP contribution in [-0.4, -0.2) is 17.3 Å². The van der Waals surface area contributed by atoms with Crippen molar-refractivity contribution in [2.75, 3.05) is 6.54 Å². The van der Waals surface area contributed by atoms with Gasteiger partial charge in [0.1, 0.15) is 0 Å². The molecule has 1 saturated carbocycles. The minimum atomic E-state index is -0.540. The minimum Gasteiger partial charge on any atom is -0.390 e. The second-order valence-corrected chi connectivity index (χ2v) is 5.76. The smallest absolute Gasteiger partial charge is 0.0637 e. The Morgan fingerprint density at radius 1 is 1.47 bits per heavy atom. The zero-order chi connectivity index (χ0) is 11.1. The monoisotopic (exact) mass is 269 g/mol. The van der Waals surface area contributed by atoms with E-state index in [1.807, 2.05) is 19.1 Å². The summed E-state index contributed by atoms with van der Waals surface area (Å²) in [6, 6.07) is 8.21. The van der Waals surface area contributed by atoms with Crippen LogP contribution < -0.4 is 5.73 Å². The molecule has 0 amide bonds. The average molecular weight is 270 g/mol. The van der Waals surface area contributed by atoms with Gasteiger partial charge in [0.25, 0.3) is 0 Å². The molecule has 0 radical (unpaired) electrons. The number of halogens is 1. The van der Waals surface area contributed by atoms with Gasteiger partial charge in [-0.3, -0.25) is 0 Å². The predicted octanol–water partition coefficient (Wildman–Crippen LogP) is 2.19. The van der Waals surface area contributed by atoms with Crippen LogP contribution in [0.5, 0.6) is 0 Å². The quantitative estimate of drug-likeness (QED) is 0.865. The first-order chi connectivity index (χ1) is 6.97. The van der Waals surface area contributed by atoms with E-state index in [0.717, 1.165) is 17.3 Å². The van der Waals surface area contributed by atoms with Crippen molar-refractivity contribution < 1.29 is 5.11 Å². The van der Waals surface area contributed by atoms with E-state index >= 15 is 0 Å². The molecule has 0 bridgehead atoms. The third kappa shape index (κ3) is 1.96. The van der Waals surface area contributed by atoms with Gasteiger partial charge in [0, 0.05) is 16.4 Å². The Labute approximate surface area is 98.6 Å². The van der Waals surface area contributed by atoms with Crippen LogP contribution in [-0.2, 0) is 5.41 Å². The minimum absolute atomic E-state index is 0.0206. The summed E-state index contributed by atoms with van der Waals surface area (Å²) in [4.78, 5) is 0. The summed E-state index contributed by atoms with van der Waals surface area (Å²) in [5.41, 5.74) is 6.51. The third-order valence-electron chi connectivity index (χ3n) is 3.27. The SMILES string of the molecule is CC1(O)CC(CN)(c2cccc(Br)c2)C1. The van der Waals surface area contributed by atoms with Crippen molar-refractivity contribution >= 4 is 15.9 Å². The summed E-state index contributed by atoms with van der Waals surface area (Å²) in [6.45, 7) is 2.47. The highest BCUT2D eigenvalue weighted by molar-refractivity contribution is 9.10. The Kier molecular flexibility index (Phi) is 2.65.